The number of halogens is 2. The average molecular weight is 308 g/mol. The predicted octanol–water partition coefficient (Wildman–Crippen LogP) is 4.82. The fourth-order valence-electron chi connectivity index (χ4n) is 2.27. The van der Waals surface area contributed by atoms with E-state index in [1.807, 2.05) is 31.2 Å². The highest BCUT2D eigenvalue weighted by Gasteiger charge is 2.28. The topological polar surface area (TPSA) is 29.5 Å². The smallest absolute Gasteiger partial charge is 0.408 e. The Morgan fingerprint density at radius 1 is 1.20 bits per heavy atom. The van der Waals surface area contributed by atoms with Gasteiger partial charge in [-0.25, -0.2) is 4.79 Å². The van der Waals surface area contributed by atoms with E-state index < -0.39 is 6.09 Å². The first kappa shape index (κ1) is 13.3. The highest BCUT2D eigenvalue weighted by molar-refractivity contribution is 6.35. The maximum atomic E-state index is 12.2. The number of fused-ring (bicyclic) bond motifs is 1. The van der Waals surface area contributed by atoms with Crippen molar-refractivity contribution in [3.05, 3.63) is 57.6 Å². The Morgan fingerprint density at radius 3 is 2.70 bits per heavy atom. The lowest BCUT2D eigenvalue weighted by Crippen LogP contribution is -2.37. The summed E-state index contributed by atoms with van der Waals surface area (Å²) in [5.41, 5.74) is 2.62. The Morgan fingerprint density at radius 2 is 1.95 bits per heavy atom. The van der Waals surface area contributed by atoms with Crippen molar-refractivity contribution in [3.8, 4) is 5.75 Å². The molecule has 0 saturated carbocycles. The Bertz CT molecular complexity index is 700. The molecule has 0 unspecified atom stereocenters. The van der Waals surface area contributed by atoms with E-state index in [9.17, 15) is 4.79 Å². The van der Waals surface area contributed by atoms with E-state index >= 15 is 0 Å². The number of benzene rings is 2. The highest BCUT2D eigenvalue weighted by Crippen LogP contribution is 2.38. The quantitative estimate of drug-likeness (QED) is 0.756. The number of anilines is 1. The third-order valence-corrected chi connectivity index (χ3v) is 3.73. The molecule has 0 atom stereocenters. The zero-order valence-electron chi connectivity index (χ0n) is 10.7. The maximum absolute atomic E-state index is 12.2. The number of nitrogens with zero attached hydrogens (tertiary/aromatic N) is 1. The van der Waals surface area contributed by atoms with Gasteiger partial charge in [0.15, 0.2) is 5.75 Å². The Balaban J connectivity index is 2.05. The standard InChI is InChI=1S/C15H11Cl2NO2/c1-9-4-2-3-5-13(9)18-8-10-6-11(16)7-12(17)14(10)20-15(18)19/h2-7H,8H2,1H3. The largest absolute Gasteiger partial charge is 0.420 e. The summed E-state index contributed by atoms with van der Waals surface area (Å²) in [5.74, 6) is 0.394. The molecule has 102 valence electrons. The van der Waals surface area contributed by atoms with E-state index in [0.717, 1.165) is 16.8 Å². The van der Waals surface area contributed by atoms with Gasteiger partial charge in [0.2, 0.25) is 0 Å². The van der Waals surface area contributed by atoms with Crippen LogP contribution < -0.4 is 9.64 Å². The highest BCUT2D eigenvalue weighted by atomic mass is 35.5. The van der Waals surface area contributed by atoms with Crippen LogP contribution >= 0.6 is 23.2 Å². The van der Waals surface area contributed by atoms with Gasteiger partial charge >= 0.3 is 6.09 Å². The van der Waals surface area contributed by atoms with E-state index in [1.54, 1.807) is 17.0 Å². The molecule has 1 aliphatic rings. The molecular weight excluding hydrogens is 297 g/mol. The molecule has 0 spiro atoms. The van der Waals surface area contributed by atoms with Crippen molar-refractivity contribution in [2.45, 2.75) is 13.5 Å². The zero-order valence-corrected chi connectivity index (χ0v) is 12.2. The third-order valence-electron chi connectivity index (χ3n) is 3.23. The predicted molar refractivity (Wildman–Crippen MR) is 79.8 cm³/mol. The van der Waals surface area contributed by atoms with E-state index in [0.29, 0.717) is 22.3 Å². The van der Waals surface area contributed by atoms with Crippen LogP contribution in [0.15, 0.2) is 36.4 Å². The van der Waals surface area contributed by atoms with Crippen molar-refractivity contribution >= 4 is 35.0 Å². The van der Waals surface area contributed by atoms with Crippen LogP contribution in [0.4, 0.5) is 10.5 Å². The van der Waals surface area contributed by atoms with E-state index in [4.69, 9.17) is 27.9 Å². The van der Waals surface area contributed by atoms with Gasteiger partial charge in [-0.3, -0.25) is 4.90 Å². The number of aryl methyl sites for hydroxylation is 1. The molecule has 2 aromatic carbocycles. The molecule has 0 aromatic heterocycles. The molecule has 1 amide bonds. The molecule has 0 saturated heterocycles. The molecule has 3 nitrogen and oxygen atoms in total. The fraction of sp³-hybridized carbons (Fsp3) is 0.133. The molecule has 20 heavy (non-hydrogen) atoms. The van der Waals surface area contributed by atoms with Crippen molar-refractivity contribution in [1.29, 1.82) is 0 Å². The van der Waals surface area contributed by atoms with Crippen LogP contribution in [0.2, 0.25) is 10.0 Å². The van der Waals surface area contributed by atoms with Crippen LogP contribution in [0.3, 0.4) is 0 Å². The van der Waals surface area contributed by atoms with Gasteiger partial charge in [-0.15, -0.1) is 0 Å². The van der Waals surface area contributed by atoms with Crippen molar-refractivity contribution in [2.75, 3.05) is 4.90 Å². The second kappa shape index (κ2) is 5.00. The van der Waals surface area contributed by atoms with Crippen LogP contribution in [0, 0.1) is 6.92 Å². The summed E-state index contributed by atoms with van der Waals surface area (Å²) >= 11 is 12.1. The van der Waals surface area contributed by atoms with Gasteiger partial charge in [0.1, 0.15) is 0 Å². The molecule has 0 aliphatic carbocycles. The molecule has 3 rings (SSSR count). The lowest BCUT2D eigenvalue weighted by molar-refractivity contribution is 0.203. The van der Waals surface area contributed by atoms with Crippen molar-refractivity contribution in [2.24, 2.45) is 0 Å². The molecule has 1 aliphatic heterocycles. The number of carbonyl (C=O) groups is 1. The number of ether oxygens (including phenoxy) is 1. The van der Waals surface area contributed by atoms with Crippen LogP contribution in [0.5, 0.6) is 5.75 Å². The zero-order chi connectivity index (χ0) is 14.3. The lowest BCUT2D eigenvalue weighted by atomic mass is 10.1. The number of hydrogen-bond acceptors (Lipinski definition) is 2. The summed E-state index contributed by atoms with van der Waals surface area (Å²) in [6, 6.07) is 11.0. The number of para-hydroxylation sites is 1. The molecule has 0 radical (unpaired) electrons. The number of rotatable bonds is 1. The first-order valence-electron chi connectivity index (χ1n) is 6.09. The van der Waals surface area contributed by atoms with Crippen LogP contribution in [0.25, 0.3) is 0 Å². The minimum Gasteiger partial charge on any atom is -0.408 e. The SMILES string of the molecule is Cc1ccccc1N1Cc2cc(Cl)cc(Cl)c2OC1=O. The Labute approximate surface area is 126 Å². The summed E-state index contributed by atoms with van der Waals surface area (Å²) in [6.07, 6.45) is -0.434. The molecule has 0 fully saturated rings. The monoisotopic (exact) mass is 307 g/mol. The minimum atomic E-state index is -0.434. The number of hydrogen-bond donors (Lipinski definition) is 0. The van der Waals surface area contributed by atoms with Crippen molar-refractivity contribution in [1.82, 2.24) is 0 Å². The van der Waals surface area contributed by atoms with Gasteiger partial charge in [-0.05, 0) is 30.7 Å². The summed E-state index contributed by atoms with van der Waals surface area (Å²) < 4.78 is 5.34. The molecule has 1 heterocycles. The van der Waals surface area contributed by atoms with E-state index in [2.05, 4.69) is 0 Å². The van der Waals surface area contributed by atoms with Gasteiger partial charge in [-0.2, -0.15) is 0 Å². The lowest BCUT2D eigenvalue weighted by Gasteiger charge is -2.29. The van der Waals surface area contributed by atoms with Gasteiger partial charge in [0.05, 0.1) is 17.3 Å². The van der Waals surface area contributed by atoms with Gasteiger partial charge < -0.3 is 4.74 Å². The van der Waals surface area contributed by atoms with Gasteiger partial charge in [0.25, 0.3) is 0 Å². The first-order valence-corrected chi connectivity index (χ1v) is 6.85. The summed E-state index contributed by atoms with van der Waals surface area (Å²) in [5, 5.41) is 0.877. The molecule has 0 bridgehead atoms. The van der Waals surface area contributed by atoms with Crippen LogP contribution in [-0.4, -0.2) is 6.09 Å². The Kier molecular flexibility index (Phi) is 3.32. The average Bonchev–Trinajstić information content (AvgIpc) is 2.40. The molecule has 5 heteroatoms. The fourth-order valence-corrected chi connectivity index (χ4v) is 2.85. The van der Waals surface area contributed by atoms with Crippen LogP contribution in [0.1, 0.15) is 11.1 Å². The second-order valence-corrected chi connectivity index (χ2v) is 5.46. The van der Waals surface area contributed by atoms with Crippen LogP contribution in [-0.2, 0) is 6.54 Å². The third kappa shape index (κ3) is 2.23. The number of amides is 1. The summed E-state index contributed by atoms with van der Waals surface area (Å²) in [4.78, 5) is 13.7. The molecule has 2 aromatic rings. The van der Waals surface area contributed by atoms with Crippen molar-refractivity contribution < 1.29 is 9.53 Å². The summed E-state index contributed by atoms with van der Waals surface area (Å²) in [6.45, 7) is 2.34. The minimum absolute atomic E-state index is 0.352. The van der Waals surface area contributed by atoms with Crippen molar-refractivity contribution in [3.63, 3.8) is 0 Å². The Hall–Kier alpha value is -1.71. The van der Waals surface area contributed by atoms with E-state index in [-0.39, 0.29) is 0 Å². The summed E-state index contributed by atoms with van der Waals surface area (Å²) in [7, 11) is 0. The molecular formula is C15H11Cl2NO2. The number of carbonyl (C=O) groups excluding carboxylic acids is 1. The van der Waals surface area contributed by atoms with Gasteiger partial charge in [-0.1, -0.05) is 41.4 Å². The molecule has 0 N–H and O–H groups in total. The maximum Gasteiger partial charge on any atom is 0.420 e. The normalized spacial score (nSPS) is 13.9. The van der Waals surface area contributed by atoms with Gasteiger partial charge in [0, 0.05) is 10.6 Å². The second-order valence-electron chi connectivity index (χ2n) is 4.62. The van der Waals surface area contributed by atoms with E-state index in [1.165, 1.54) is 0 Å². The first-order chi connectivity index (χ1) is 9.56.